The van der Waals surface area contributed by atoms with Gasteiger partial charge in [-0.25, -0.2) is 0 Å². The molecule has 4 heteroatoms. The zero-order chi connectivity index (χ0) is 10.1. The molecule has 0 spiro atoms. The van der Waals surface area contributed by atoms with E-state index < -0.39 is 0 Å². The van der Waals surface area contributed by atoms with Crippen LogP contribution in [0.5, 0.6) is 0 Å². The Morgan fingerprint density at radius 2 is 2.29 bits per heavy atom. The zero-order valence-electron chi connectivity index (χ0n) is 8.90. The molecule has 0 aliphatic carbocycles. The Bertz CT molecular complexity index is 318. The fourth-order valence-electron chi connectivity index (χ4n) is 2.13. The number of nitrogen functional groups attached to an aromatic ring is 1. The van der Waals surface area contributed by atoms with Crippen molar-refractivity contribution >= 4 is 11.5 Å². The van der Waals surface area contributed by atoms with E-state index in [1.807, 2.05) is 13.2 Å². The molecule has 2 N–H and O–H groups in total. The monoisotopic (exact) mass is 194 g/mol. The van der Waals surface area contributed by atoms with Crippen LogP contribution in [0.2, 0.25) is 0 Å². The van der Waals surface area contributed by atoms with Gasteiger partial charge in [-0.3, -0.25) is 4.68 Å². The SMILES string of the molecule is C[C@@H]1CCCCN1c1nn(C)cc1N. The molecule has 1 aromatic rings. The molecule has 0 aromatic carbocycles. The van der Waals surface area contributed by atoms with Crippen LogP contribution in [0.25, 0.3) is 0 Å². The third-order valence-electron chi connectivity index (χ3n) is 2.91. The minimum atomic E-state index is 0.570. The topological polar surface area (TPSA) is 47.1 Å². The van der Waals surface area contributed by atoms with Gasteiger partial charge >= 0.3 is 0 Å². The molecule has 0 saturated carbocycles. The van der Waals surface area contributed by atoms with Crippen molar-refractivity contribution in [2.24, 2.45) is 7.05 Å². The maximum Gasteiger partial charge on any atom is 0.174 e. The first-order valence-electron chi connectivity index (χ1n) is 5.24. The standard InChI is InChI=1S/C10H18N4/c1-8-5-3-4-6-14(8)10-9(11)7-13(2)12-10/h7-8H,3-6,11H2,1-2H3/t8-/m1/s1. The second-order valence-corrected chi connectivity index (χ2v) is 4.12. The predicted molar refractivity (Wildman–Crippen MR) is 58.3 cm³/mol. The first kappa shape index (κ1) is 9.37. The van der Waals surface area contributed by atoms with E-state index in [0.29, 0.717) is 6.04 Å². The molecular weight excluding hydrogens is 176 g/mol. The van der Waals surface area contributed by atoms with Crippen molar-refractivity contribution in [2.45, 2.75) is 32.2 Å². The maximum atomic E-state index is 5.91. The second kappa shape index (κ2) is 3.52. The summed E-state index contributed by atoms with van der Waals surface area (Å²) in [5.41, 5.74) is 6.70. The molecule has 1 aromatic heterocycles. The minimum Gasteiger partial charge on any atom is -0.394 e. The lowest BCUT2D eigenvalue weighted by Gasteiger charge is -2.33. The number of anilines is 2. The van der Waals surface area contributed by atoms with E-state index >= 15 is 0 Å². The Morgan fingerprint density at radius 1 is 1.50 bits per heavy atom. The van der Waals surface area contributed by atoms with E-state index in [4.69, 9.17) is 5.73 Å². The fourth-order valence-corrected chi connectivity index (χ4v) is 2.13. The smallest absolute Gasteiger partial charge is 0.174 e. The van der Waals surface area contributed by atoms with Crippen molar-refractivity contribution in [3.05, 3.63) is 6.20 Å². The van der Waals surface area contributed by atoms with Crippen molar-refractivity contribution in [1.82, 2.24) is 9.78 Å². The van der Waals surface area contributed by atoms with Gasteiger partial charge in [0.15, 0.2) is 5.82 Å². The van der Waals surface area contributed by atoms with E-state index in [2.05, 4.69) is 16.9 Å². The molecule has 2 heterocycles. The first-order chi connectivity index (χ1) is 6.68. The summed E-state index contributed by atoms with van der Waals surface area (Å²) in [6, 6.07) is 0.570. The van der Waals surface area contributed by atoms with Crippen LogP contribution >= 0.6 is 0 Å². The number of hydrogen-bond donors (Lipinski definition) is 1. The third kappa shape index (κ3) is 1.56. The number of hydrogen-bond acceptors (Lipinski definition) is 3. The molecule has 4 nitrogen and oxygen atoms in total. The first-order valence-corrected chi connectivity index (χ1v) is 5.24. The zero-order valence-corrected chi connectivity index (χ0v) is 8.90. The molecule has 1 fully saturated rings. The molecule has 1 saturated heterocycles. The van der Waals surface area contributed by atoms with Crippen LogP contribution in [0.3, 0.4) is 0 Å². The summed E-state index contributed by atoms with van der Waals surface area (Å²) >= 11 is 0. The Hall–Kier alpha value is -1.19. The lowest BCUT2D eigenvalue weighted by atomic mass is 10.0. The molecule has 0 radical (unpaired) electrons. The van der Waals surface area contributed by atoms with Gasteiger partial charge in [-0.15, -0.1) is 0 Å². The second-order valence-electron chi connectivity index (χ2n) is 4.12. The lowest BCUT2D eigenvalue weighted by Crippen LogP contribution is -2.38. The van der Waals surface area contributed by atoms with Crippen molar-refractivity contribution in [2.75, 3.05) is 17.2 Å². The Balaban J connectivity index is 2.24. The van der Waals surface area contributed by atoms with Crippen LogP contribution in [0.1, 0.15) is 26.2 Å². The van der Waals surface area contributed by atoms with E-state index in [-0.39, 0.29) is 0 Å². The number of rotatable bonds is 1. The van der Waals surface area contributed by atoms with Gasteiger partial charge in [0.1, 0.15) is 0 Å². The molecule has 78 valence electrons. The van der Waals surface area contributed by atoms with Gasteiger partial charge < -0.3 is 10.6 Å². The third-order valence-corrected chi connectivity index (χ3v) is 2.91. The molecule has 1 atom stereocenters. The Labute approximate surface area is 84.7 Å². The van der Waals surface area contributed by atoms with Gasteiger partial charge in [-0.2, -0.15) is 5.10 Å². The average molecular weight is 194 g/mol. The van der Waals surface area contributed by atoms with Crippen LogP contribution < -0.4 is 10.6 Å². The van der Waals surface area contributed by atoms with Gasteiger partial charge in [0.25, 0.3) is 0 Å². The normalized spacial score (nSPS) is 22.7. The van der Waals surface area contributed by atoms with Crippen molar-refractivity contribution in [3.8, 4) is 0 Å². The van der Waals surface area contributed by atoms with Gasteiger partial charge in [-0.05, 0) is 26.2 Å². The van der Waals surface area contributed by atoms with Crippen molar-refractivity contribution in [3.63, 3.8) is 0 Å². The molecule has 0 amide bonds. The Morgan fingerprint density at radius 3 is 2.86 bits per heavy atom. The van der Waals surface area contributed by atoms with E-state index in [1.54, 1.807) is 4.68 Å². The summed E-state index contributed by atoms with van der Waals surface area (Å²) < 4.78 is 1.78. The van der Waals surface area contributed by atoms with Crippen LogP contribution in [0.15, 0.2) is 6.20 Å². The van der Waals surface area contributed by atoms with Gasteiger partial charge in [-0.1, -0.05) is 0 Å². The van der Waals surface area contributed by atoms with Gasteiger partial charge in [0, 0.05) is 25.8 Å². The number of nitrogens with zero attached hydrogens (tertiary/aromatic N) is 3. The largest absolute Gasteiger partial charge is 0.394 e. The highest BCUT2D eigenvalue weighted by molar-refractivity contribution is 5.62. The van der Waals surface area contributed by atoms with E-state index in [0.717, 1.165) is 18.1 Å². The van der Waals surface area contributed by atoms with Crippen molar-refractivity contribution < 1.29 is 0 Å². The van der Waals surface area contributed by atoms with E-state index in [1.165, 1.54) is 19.3 Å². The number of aryl methyl sites for hydroxylation is 1. The summed E-state index contributed by atoms with van der Waals surface area (Å²) in [4.78, 5) is 2.32. The highest BCUT2D eigenvalue weighted by atomic mass is 15.4. The molecule has 2 rings (SSSR count). The summed E-state index contributed by atoms with van der Waals surface area (Å²) in [7, 11) is 1.91. The lowest BCUT2D eigenvalue weighted by molar-refractivity contribution is 0.479. The summed E-state index contributed by atoms with van der Waals surface area (Å²) in [5.74, 6) is 0.958. The molecule has 1 aliphatic rings. The number of aromatic nitrogens is 2. The average Bonchev–Trinajstić information content (AvgIpc) is 2.46. The minimum absolute atomic E-state index is 0.570. The predicted octanol–water partition coefficient (Wildman–Crippen LogP) is 1.38. The summed E-state index contributed by atoms with van der Waals surface area (Å²) in [6.07, 6.45) is 5.69. The fraction of sp³-hybridized carbons (Fsp3) is 0.700. The van der Waals surface area contributed by atoms with E-state index in [9.17, 15) is 0 Å². The number of nitrogens with two attached hydrogens (primary N) is 1. The molecule has 0 bridgehead atoms. The van der Waals surface area contributed by atoms with Crippen LogP contribution in [-0.2, 0) is 7.05 Å². The highest BCUT2D eigenvalue weighted by Gasteiger charge is 2.22. The quantitative estimate of drug-likeness (QED) is 0.734. The maximum absolute atomic E-state index is 5.91. The van der Waals surface area contributed by atoms with Gasteiger partial charge in [0.05, 0.1) is 5.69 Å². The summed E-state index contributed by atoms with van der Waals surface area (Å²) in [5, 5.41) is 4.40. The van der Waals surface area contributed by atoms with Gasteiger partial charge in [0.2, 0.25) is 0 Å². The molecule has 1 aliphatic heterocycles. The number of piperidine rings is 1. The molecular formula is C10H18N4. The van der Waals surface area contributed by atoms with Crippen LogP contribution in [0, 0.1) is 0 Å². The summed E-state index contributed by atoms with van der Waals surface area (Å²) in [6.45, 7) is 3.33. The van der Waals surface area contributed by atoms with Crippen molar-refractivity contribution in [1.29, 1.82) is 0 Å². The molecule has 0 unspecified atom stereocenters. The van der Waals surface area contributed by atoms with Crippen LogP contribution in [0.4, 0.5) is 11.5 Å². The van der Waals surface area contributed by atoms with Crippen LogP contribution in [-0.4, -0.2) is 22.4 Å². The molecule has 14 heavy (non-hydrogen) atoms. The highest BCUT2D eigenvalue weighted by Crippen LogP contribution is 2.27. The Kier molecular flexibility index (Phi) is 2.35.